The van der Waals surface area contributed by atoms with E-state index in [1.807, 2.05) is 0 Å². The van der Waals surface area contributed by atoms with Gasteiger partial charge in [0.25, 0.3) is 0 Å². The molecule has 2 aliphatic rings. The van der Waals surface area contributed by atoms with Gasteiger partial charge in [-0.05, 0) is 64.8 Å². The molecule has 4 N–H and O–H groups in total. The van der Waals surface area contributed by atoms with Gasteiger partial charge >= 0.3 is 6.18 Å². The molecule has 2 fully saturated rings. The summed E-state index contributed by atoms with van der Waals surface area (Å²) in [6.45, 7) is 5.32. The van der Waals surface area contributed by atoms with Crippen LogP contribution in [0.5, 0.6) is 0 Å². The first-order valence-corrected chi connectivity index (χ1v) is 13.9. The molecule has 41 heavy (non-hydrogen) atoms. The number of amides is 2. The van der Waals surface area contributed by atoms with Gasteiger partial charge in [-0.2, -0.15) is 13.2 Å². The number of anilines is 1. The number of rotatable bonds is 10. The van der Waals surface area contributed by atoms with Crippen LogP contribution in [0.2, 0.25) is 0 Å². The number of fused-ring (bicyclic) bond motifs is 1. The number of halogens is 3. The summed E-state index contributed by atoms with van der Waals surface area (Å²) in [6.07, 6.45) is 2.05. The molecule has 2 heterocycles. The third-order valence-corrected chi connectivity index (χ3v) is 7.97. The largest absolute Gasteiger partial charge is 0.500 e. The average molecular weight is 578 g/mol. The number of nitrogens with one attached hydrogen (secondary N) is 2. The summed E-state index contributed by atoms with van der Waals surface area (Å²) in [6, 6.07) is 2.63. The fraction of sp³-hybridized carbons (Fsp3) is 0.571. The highest BCUT2D eigenvalue weighted by atomic mass is 19.4. The number of aromatic nitrogens is 2. The Morgan fingerprint density at radius 2 is 2.05 bits per heavy atom. The second kappa shape index (κ2) is 13.0. The second-order valence-electron chi connectivity index (χ2n) is 10.8. The lowest BCUT2D eigenvalue weighted by Crippen LogP contribution is -2.58. The molecule has 4 rings (SSSR count). The first-order valence-electron chi connectivity index (χ1n) is 13.9. The number of ether oxygens (including phenoxy) is 1. The van der Waals surface area contributed by atoms with Gasteiger partial charge in [0, 0.05) is 36.6 Å². The van der Waals surface area contributed by atoms with Crippen LogP contribution in [0.3, 0.4) is 0 Å². The van der Waals surface area contributed by atoms with Gasteiger partial charge in [0.2, 0.25) is 11.8 Å². The van der Waals surface area contributed by atoms with Crippen molar-refractivity contribution >= 4 is 28.5 Å². The van der Waals surface area contributed by atoms with Crippen LogP contribution in [0.1, 0.15) is 45.1 Å². The molecule has 224 valence electrons. The predicted octanol–water partition coefficient (Wildman–Crippen LogP) is 2.90. The van der Waals surface area contributed by atoms with Crippen molar-refractivity contribution in [2.45, 2.75) is 75.9 Å². The van der Waals surface area contributed by atoms with Gasteiger partial charge in [-0.25, -0.2) is 9.97 Å². The fourth-order valence-corrected chi connectivity index (χ4v) is 5.61. The Labute approximate surface area is 237 Å². The van der Waals surface area contributed by atoms with Crippen molar-refractivity contribution in [3.8, 4) is 0 Å². The molecule has 1 saturated heterocycles. The molecule has 1 saturated carbocycles. The summed E-state index contributed by atoms with van der Waals surface area (Å²) in [5.41, 5.74) is 4.95. The van der Waals surface area contributed by atoms with Crippen LogP contribution in [-0.2, 0) is 20.5 Å². The number of hydrogen-bond donors (Lipinski definition) is 3. The lowest BCUT2D eigenvalue weighted by molar-refractivity contribution is -0.137. The summed E-state index contributed by atoms with van der Waals surface area (Å²) < 4.78 is 45.2. The highest BCUT2D eigenvalue weighted by molar-refractivity contribution is 5.93. The average Bonchev–Trinajstić information content (AvgIpc) is 3.29. The summed E-state index contributed by atoms with van der Waals surface area (Å²) in [4.78, 5) is 38.7. The minimum Gasteiger partial charge on any atom is -0.500 e. The number of carbonyl (C=O) groups excluding carboxylic acids is 2. The van der Waals surface area contributed by atoms with E-state index in [0.29, 0.717) is 50.5 Å². The van der Waals surface area contributed by atoms with E-state index in [4.69, 9.17) is 10.5 Å². The van der Waals surface area contributed by atoms with E-state index in [0.717, 1.165) is 18.6 Å². The van der Waals surface area contributed by atoms with Gasteiger partial charge in [-0.3, -0.25) is 9.59 Å². The Kier molecular flexibility index (Phi) is 9.69. The zero-order valence-electron chi connectivity index (χ0n) is 23.5. The Hall–Kier alpha value is -3.45. The zero-order chi connectivity index (χ0) is 29.7. The van der Waals surface area contributed by atoms with Crippen LogP contribution < -0.4 is 16.4 Å². The molecule has 10 nitrogen and oxygen atoms in total. The molecule has 13 heteroatoms. The van der Waals surface area contributed by atoms with Crippen molar-refractivity contribution in [3.63, 3.8) is 0 Å². The maximum atomic E-state index is 13.6. The monoisotopic (exact) mass is 577 g/mol. The number of benzene rings is 1. The van der Waals surface area contributed by atoms with Crippen LogP contribution in [0.4, 0.5) is 19.0 Å². The van der Waals surface area contributed by atoms with Gasteiger partial charge < -0.3 is 30.9 Å². The highest BCUT2D eigenvalue weighted by Crippen LogP contribution is 2.34. The smallest absolute Gasteiger partial charge is 0.416 e. The Balaban J connectivity index is 1.51. The topological polar surface area (TPSA) is 126 Å². The van der Waals surface area contributed by atoms with Crippen molar-refractivity contribution in [3.05, 3.63) is 42.4 Å². The van der Waals surface area contributed by atoms with E-state index in [9.17, 15) is 22.8 Å². The molecule has 0 radical (unpaired) electrons. The lowest BCUT2D eigenvalue weighted by Gasteiger charge is -2.44. The van der Waals surface area contributed by atoms with Crippen LogP contribution in [0, 0.1) is 0 Å². The van der Waals surface area contributed by atoms with Crippen molar-refractivity contribution in [2.75, 3.05) is 32.1 Å². The Morgan fingerprint density at radius 1 is 1.27 bits per heavy atom. The van der Waals surface area contributed by atoms with Crippen LogP contribution in [-0.4, -0.2) is 88.5 Å². The molecule has 1 aromatic heterocycles. The van der Waals surface area contributed by atoms with E-state index in [2.05, 4.69) is 46.4 Å². The lowest BCUT2D eigenvalue weighted by atomic mass is 9.84. The van der Waals surface area contributed by atoms with Crippen molar-refractivity contribution in [2.24, 2.45) is 5.73 Å². The maximum absolute atomic E-state index is 13.6. The molecule has 1 aliphatic carbocycles. The van der Waals surface area contributed by atoms with Crippen LogP contribution in [0.25, 0.3) is 10.9 Å². The van der Waals surface area contributed by atoms with Gasteiger partial charge in [0.1, 0.15) is 18.2 Å². The summed E-state index contributed by atoms with van der Waals surface area (Å²) in [7, 11) is 2.06. The van der Waals surface area contributed by atoms with E-state index < -0.39 is 17.8 Å². The maximum Gasteiger partial charge on any atom is 0.416 e. The number of nitrogens with zero attached hydrogens (tertiary/aromatic N) is 4. The molecule has 2 amide bonds. The van der Waals surface area contributed by atoms with Crippen LogP contribution in [0.15, 0.2) is 36.9 Å². The van der Waals surface area contributed by atoms with E-state index in [1.54, 1.807) is 4.90 Å². The quantitative estimate of drug-likeness (QED) is 0.224. The normalized spacial score (nSPS) is 23.6. The summed E-state index contributed by atoms with van der Waals surface area (Å²) in [5, 5.41) is 6.34. The summed E-state index contributed by atoms with van der Waals surface area (Å²) >= 11 is 0. The Bertz CT molecular complexity index is 1260. The van der Waals surface area contributed by atoms with E-state index >= 15 is 0 Å². The number of carbonyl (C=O) groups is 2. The summed E-state index contributed by atoms with van der Waals surface area (Å²) in [5.74, 6) is -0.319. The molecular weight excluding hydrogens is 539 g/mol. The zero-order valence-corrected chi connectivity index (χ0v) is 23.5. The molecule has 2 aromatic rings. The number of nitrogens with two attached hydrogens (primary N) is 1. The fourth-order valence-electron chi connectivity index (χ4n) is 5.61. The molecule has 0 bridgehead atoms. The highest BCUT2D eigenvalue weighted by Gasteiger charge is 2.43. The molecule has 0 spiro atoms. The van der Waals surface area contributed by atoms with E-state index in [-0.39, 0.29) is 41.1 Å². The van der Waals surface area contributed by atoms with Crippen molar-refractivity contribution in [1.82, 2.24) is 25.1 Å². The van der Waals surface area contributed by atoms with Crippen molar-refractivity contribution < 1.29 is 27.5 Å². The minimum absolute atomic E-state index is 0.175. The first kappa shape index (κ1) is 30.5. The van der Waals surface area contributed by atoms with Gasteiger partial charge in [0.05, 0.1) is 36.0 Å². The van der Waals surface area contributed by atoms with Crippen LogP contribution >= 0.6 is 0 Å². The first-order chi connectivity index (χ1) is 19.5. The minimum atomic E-state index is -4.52. The van der Waals surface area contributed by atoms with Crippen molar-refractivity contribution in [1.29, 1.82) is 0 Å². The molecule has 0 unspecified atom stereocenters. The Morgan fingerprint density at radius 3 is 2.76 bits per heavy atom. The molecule has 4 atom stereocenters. The van der Waals surface area contributed by atoms with E-state index in [1.165, 1.54) is 24.7 Å². The third kappa shape index (κ3) is 7.25. The molecule has 1 aliphatic heterocycles. The number of likely N-dealkylation sites (tertiary alicyclic amines) is 1. The molecule has 1 aromatic carbocycles. The number of alkyl halides is 3. The SMILES string of the molecule is CC(C)N(C)[C@@H]1CC[C@H](N2CC[C@H](Nc3ncnc4ccc(C(F)(F)F)cc34)C2=O)[C@H](NC(=O)C=COCCN)C1. The second-order valence-corrected chi connectivity index (χ2v) is 10.8. The van der Waals surface area contributed by atoms with Gasteiger partial charge in [-0.1, -0.05) is 0 Å². The number of hydrogen-bond acceptors (Lipinski definition) is 8. The third-order valence-electron chi connectivity index (χ3n) is 7.97. The predicted molar refractivity (Wildman–Crippen MR) is 149 cm³/mol. The molecular formula is C28H38F3N7O3. The standard InChI is InChI=1S/C28H38F3N7O3/c1-17(2)37(3)19-5-7-24(23(15-19)35-25(39)9-12-41-13-10-32)38-11-8-22(27(38)40)36-26-20-14-18(28(29,30)31)4-6-21(20)33-16-34-26/h4,6,9,12,14,16-17,19,22-24H,5,7-8,10-11,13,15,32H2,1-3H3,(H,35,39)(H,33,34,36)/t19-,22+,23-,24+/m1/s1. The van der Waals surface area contributed by atoms with Gasteiger partial charge in [0.15, 0.2) is 0 Å². The van der Waals surface area contributed by atoms with Gasteiger partial charge in [-0.15, -0.1) is 0 Å².